The van der Waals surface area contributed by atoms with Crippen LogP contribution in [0.3, 0.4) is 0 Å². The predicted molar refractivity (Wildman–Crippen MR) is 138 cm³/mol. The fraction of sp³-hybridized carbons (Fsp3) is 0.357. The lowest BCUT2D eigenvalue weighted by atomic mass is 9.94. The second kappa shape index (κ2) is 10.4. The Morgan fingerprint density at radius 1 is 0.943 bits per heavy atom. The zero-order valence-electron chi connectivity index (χ0n) is 20.0. The van der Waals surface area contributed by atoms with Crippen molar-refractivity contribution < 1.29 is 9.18 Å². The molecule has 0 saturated carbocycles. The van der Waals surface area contributed by atoms with E-state index in [0.717, 1.165) is 75.5 Å². The Balaban J connectivity index is 1.31. The number of nitrogens with two attached hydrogens (primary N) is 1. The minimum absolute atomic E-state index is 0.00563. The Bertz CT molecular complexity index is 1160. The molecule has 2 aliphatic rings. The summed E-state index contributed by atoms with van der Waals surface area (Å²) in [6, 6.07) is 15.9. The van der Waals surface area contributed by atoms with Gasteiger partial charge in [-0.05, 0) is 85.8 Å². The highest BCUT2D eigenvalue weighted by atomic mass is 19.1. The number of carbonyl (C=O) groups is 1. The van der Waals surface area contributed by atoms with E-state index in [0.29, 0.717) is 17.8 Å². The van der Waals surface area contributed by atoms with Gasteiger partial charge in [0.05, 0.1) is 5.69 Å². The lowest BCUT2D eigenvalue weighted by Gasteiger charge is -2.37. The Morgan fingerprint density at radius 3 is 2.40 bits per heavy atom. The summed E-state index contributed by atoms with van der Waals surface area (Å²) in [6.45, 7) is 4.95. The van der Waals surface area contributed by atoms with Crippen molar-refractivity contribution in [2.24, 2.45) is 0 Å². The van der Waals surface area contributed by atoms with E-state index in [9.17, 15) is 9.18 Å². The zero-order valence-corrected chi connectivity index (χ0v) is 20.0. The van der Waals surface area contributed by atoms with Crippen molar-refractivity contribution in [3.05, 3.63) is 83.4 Å². The quantitative estimate of drug-likeness (QED) is 0.545. The second-order valence-electron chi connectivity index (χ2n) is 9.35. The summed E-state index contributed by atoms with van der Waals surface area (Å²) in [5.74, 6) is -0.217. The number of halogens is 1. The van der Waals surface area contributed by atoms with Crippen LogP contribution in [0.25, 0.3) is 0 Å². The maximum atomic E-state index is 13.7. The lowest BCUT2D eigenvalue weighted by Crippen LogP contribution is -2.49. The van der Waals surface area contributed by atoms with Crippen LogP contribution in [0.2, 0.25) is 0 Å². The molecule has 1 aromatic heterocycles. The summed E-state index contributed by atoms with van der Waals surface area (Å²) in [7, 11) is 0. The van der Waals surface area contributed by atoms with Crippen LogP contribution in [0, 0.1) is 5.82 Å². The van der Waals surface area contributed by atoms with E-state index in [1.54, 1.807) is 24.3 Å². The third kappa shape index (κ3) is 5.30. The third-order valence-electron chi connectivity index (χ3n) is 7.11. The Labute approximate surface area is 206 Å². The standard InChI is InChI=1S/C28H32FN5O/c29-22-7-11-24(12-8-22)33-18-15-32(16-19-33)17-20-34(28(35)21-5-9-23(30)10-6-21)27-13-14-31-26-4-2-1-3-25(26)27/h5-14H,1-4,15-20,30H2. The number of fused-ring (bicyclic) bond motifs is 1. The number of amides is 1. The van der Waals surface area contributed by atoms with E-state index >= 15 is 0 Å². The number of carbonyl (C=O) groups excluding carboxylic acids is 1. The Hall–Kier alpha value is -3.45. The van der Waals surface area contributed by atoms with E-state index in [1.807, 2.05) is 29.3 Å². The van der Waals surface area contributed by atoms with Crippen LogP contribution in [0.1, 0.15) is 34.5 Å². The third-order valence-corrected chi connectivity index (χ3v) is 7.11. The average molecular weight is 474 g/mol. The van der Waals surface area contributed by atoms with Crippen molar-refractivity contribution in [1.82, 2.24) is 9.88 Å². The molecule has 0 spiro atoms. The summed E-state index contributed by atoms with van der Waals surface area (Å²) < 4.78 is 13.3. The normalized spacial score (nSPS) is 16.1. The maximum absolute atomic E-state index is 13.7. The lowest BCUT2D eigenvalue weighted by molar-refractivity contribution is 0.0983. The highest BCUT2D eigenvalue weighted by molar-refractivity contribution is 6.06. The molecule has 1 amide bonds. The number of piperazine rings is 1. The molecule has 1 aliphatic heterocycles. The number of aryl methyl sites for hydroxylation is 1. The number of pyridine rings is 1. The van der Waals surface area contributed by atoms with Gasteiger partial charge >= 0.3 is 0 Å². The summed E-state index contributed by atoms with van der Waals surface area (Å²) in [5.41, 5.74) is 11.5. The van der Waals surface area contributed by atoms with Gasteiger partial charge in [-0.15, -0.1) is 0 Å². The van der Waals surface area contributed by atoms with Crippen molar-refractivity contribution in [3.8, 4) is 0 Å². The van der Waals surface area contributed by atoms with Crippen LogP contribution < -0.4 is 15.5 Å². The Morgan fingerprint density at radius 2 is 1.66 bits per heavy atom. The minimum Gasteiger partial charge on any atom is -0.399 e. The first-order valence-corrected chi connectivity index (χ1v) is 12.5. The first-order valence-electron chi connectivity index (χ1n) is 12.5. The maximum Gasteiger partial charge on any atom is 0.258 e. The van der Waals surface area contributed by atoms with Crippen LogP contribution in [-0.2, 0) is 12.8 Å². The van der Waals surface area contributed by atoms with Gasteiger partial charge in [0.25, 0.3) is 5.91 Å². The molecule has 5 rings (SSSR count). The van der Waals surface area contributed by atoms with Crippen LogP contribution in [0.4, 0.5) is 21.5 Å². The van der Waals surface area contributed by atoms with Gasteiger partial charge in [-0.1, -0.05) is 0 Å². The SMILES string of the molecule is Nc1ccc(C(=O)N(CCN2CCN(c3ccc(F)cc3)CC2)c2ccnc3c2CCCC3)cc1. The van der Waals surface area contributed by atoms with Crippen molar-refractivity contribution in [2.45, 2.75) is 25.7 Å². The molecule has 1 saturated heterocycles. The van der Waals surface area contributed by atoms with Gasteiger partial charge in [-0.3, -0.25) is 14.7 Å². The van der Waals surface area contributed by atoms with Gasteiger partial charge in [0, 0.05) is 68.1 Å². The monoisotopic (exact) mass is 473 g/mol. The molecule has 1 fully saturated rings. The van der Waals surface area contributed by atoms with Gasteiger partial charge in [-0.2, -0.15) is 0 Å². The molecule has 0 bridgehead atoms. The topological polar surface area (TPSA) is 65.7 Å². The average Bonchev–Trinajstić information content (AvgIpc) is 2.90. The molecule has 0 unspecified atom stereocenters. The number of nitrogen functional groups attached to an aromatic ring is 1. The summed E-state index contributed by atoms with van der Waals surface area (Å²) in [4.78, 5) is 24.9. The van der Waals surface area contributed by atoms with E-state index in [1.165, 1.54) is 17.7 Å². The summed E-state index contributed by atoms with van der Waals surface area (Å²) in [5, 5.41) is 0. The predicted octanol–water partition coefficient (Wildman–Crippen LogP) is 4.15. The molecule has 2 N–H and O–H groups in total. The molecule has 2 heterocycles. The van der Waals surface area contributed by atoms with Crippen molar-refractivity contribution in [1.29, 1.82) is 0 Å². The molecule has 3 aromatic rings. The highest BCUT2D eigenvalue weighted by Gasteiger charge is 2.25. The van der Waals surface area contributed by atoms with Crippen LogP contribution in [0.15, 0.2) is 60.8 Å². The fourth-order valence-corrected chi connectivity index (χ4v) is 5.10. The van der Waals surface area contributed by atoms with Crippen molar-refractivity contribution >= 4 is 23.0 Å². The van der Waals surface area contributed by atoms with Gasteiger partial charge < -0.3 is 15.5 Å². The van der Waals surface area contributed by atoms with Gasteiger partial charge in [0.15, 0.2) is 0 Å². The molecule has 0 atom stereocenters. The first-order chi connectivity index (χ1) is 17.1. The van der Waals surface area contributed by atoms with E-state index in [-0.39, 0.29) is 11.7 Å². The van der Waals surface area contributed by atoms with Gasteiger partial charge in [0.1, 0.15) is 5.82 Å². The van der Waals surface area contributed by atoms with Crippen LogP contribution in [0.5, 0.6) is 0 Å². The zero-order chi connectivity index (χ0) is 24.2. The highest BCUT2D eigenvalue weighted by Crippen LogP contribution is 2.30. The van der Waals surface area contributed by atoms with E-state index in [2.05, 4.69) is 14.8 Å². The van der Waals surface area contributed by atoms with E-state index in [4.69, 9.17) is 5.73 Å². The van der Waals surface area contributed by atoms with Gasteiger partial charge in [-0.25, -0.2) is 4.39 Å². The van der Waals surface area contributed by atoms with Crippen molar-refractivity contribution in [3.63, 3.8) is 0 Å². The molecule has 6 nitrogen and oxygen atoms in total. The number of anilines is 3. The summed E-state index contributed by atoms with van der Waals surface area (Å²) >= 11 is 0. The molecule has 35 heavy (non-hydrogen) atoms. The number of hydrogen-bond donors (Lipinski definition) is 1. The number of rotatable bonds is 6. The molecule has 7 heteroatoms. The smallest absolute Gasteiger partial charge is 0.258 e. The molecular formula is C28H32FN5O. The van der Waals surface area contributed by atoms with Crippen LogP contribution >= 0.6 is 0 Å². The molecule has 0 radical (unpaired) electrons. The number of aromatic nitrogens is 1. The molecular weight excluding hydrogens is 441 g/mol. The molecule has 182 valence electrons. The summed E-state index contributed by atoms with van der Waals surface area (Å²) in [6.07, 6.45) is 6.04. The van der Waals surface area contributed by atoms with Crippen molar-refractivity contribution in [2.75, 3.05) is 54.8 Å². The van der Waals surface area contributed by atoms with Crippen LogP contribution in [-0.4, -0.2) is 55.1 Å². The number of benzene rings is 2. The minimum atomic E-state index is -0.212. The first kappa shape index (κ1) is 23.3. The van der Waals surface area contributed by atoms with Gasteiger partial charge in [0.2, 0.25) is 0 Å². The molecule has 2 aromatic carbocycles. The Kier molecular flexibility index (Phi) is 6.95. The largest absolute Gasteiger partial charge is 0.399 e. The molecule has 1 aliphatic carbocycles. The number of hydrogen-bond acceptors (Lipinski definition) is 5. The second-order valence-corrected chi connectivity index (χ2v) is 9.35. The fourth-order valence-electron chi connectivity index (χ4n) is 5.10. The van der Waals surface area contributed by atoms with E-state index < -0.39 is 0 Å². The number of nitrogens with zero attached hydrogens (tertiary/aromatic N) is 4.